The number of nitrogens with zero attached hydrogens (tertiary/aromatic N) is 1. The molecule has 1 aromatic rings. The van der Waals surface area contributed by atoms with E-state index in [1.165, 1.54) is 13.0 Å². The number of alkyl halides is 3. The highest BCUT2D eigenvalue weighted by Gasteiger charge is 2.34. The van der Waals surface area contributed by atoms with E-state index in [4.69, 9.17) is 0 Å². The fraction of sp³-hybridized carbons (Fsp3) is 0.588. The second kappa shape index (κ2) is 7.96. The standard InChI is InChI=1S/C17H22F4N2O/c1-12(24)22-8-7-14-4-2-3-9-23(14)11-13-5-6-16(18)15(10-13)17(19,20)21/h5-6,10,14H,2-4,7-9,11H2,1H3,(H,22,24)/t14-/m1/s1. The van der Waals surface area contributed by atoms with Crippen LogP contribution in [0.1, 0.15) is 43.7 Å². The highest BCUT2D eigenvalue weighted by atomic mass is 19.4. The number of halogens is 4. The molecule has 1 fully saturated rings. The number of hydrogen-bond donors (Lipinski definition) is 1. The number of carbonyl (C=O) groups excluding carboxylic acids is 1. The van der Waals surface area contributed by atoms with Crippen molar-refractivity contribution < 1.29 is 22.4 Å². The Labute approximate surface area is 139 Å². The molecular formula is C17H22F4N2O. The van der Waals surface area contributed by atoms with Crippen LogP contribution >= 0.6 is 0 Å². The van der Waals surface area contributed by atoms with Gasteiger partial charge in [0.1, 0.15) is 5.82 Å². The van der Waals surface area contributed by atoms with Gasteiger partial charge in [-0.2, -0.15) is 13.2 Å². The number of likely N-dealkylation sites (tertiary alicyclic amines) is 1. The predicted octanol–water partition coefficient (Wildman–Crippen LogP) is 3.73. The Morgan fingerprint density at radius 3 is 2.75 bits per heavy atom. The average Bonchev–Trinajstić information content (AvgIpc) is 2.49. The summed E-state index contributed by atoms with van der Waals surface area (Å²) in [5.74, 6) is -1.34. The van der Waals surface area contributed by atoms with Gasteiger partial charge in [0, 0.05) is 26.1 Å². The molecule has 0 radical (unpaired) electrons. The topological polar surface area (TPSA) is 32.3 Å². The van der Waals surface area contributed by atoms with E-state index in [0.29, 0.717) is 18.7 Å². The largest absolute Gasteiger partial charge is 0.419 e. The molecule has 1 aliphatic rings. The quantitative estimate of drug-likeness (QED) is 0.824. The second-order valence-corrected chi connectivity index (χ2v) is 6.20. The van der Waals surface area contributed by atoms with Gasteiger partial charge in [-0.3, -0.25) is 9.69 Å². The molecule has 1 atom stereocenters. The lowest BCUT2D eigenvalue weighted by Gasteiger charge is -2.36. The summed E-state index contributed by atoms with van der Waals surface area (Å²) < 4.78 is 51.9. The van der Waals surface area contributed by atoms with Crippen LogP contribution in [0, 0.1) is 5.82 Å². The van der Waals surface area contributed by atoms with Crippen LogP contribution < -0.4 is 5.32 Å². The van der Waals surface area contributed by atoms with Crippen LogP contribution in [0.2, 0.25) is 0 Å². The van der Waals surface area contributed by atoms with Crippen molar-refractivity contribution >= 4 is 5.91 Å². The van der Waals surface area contributed by atoms with Crippen LogP contribution in [-0.2, 0) is 17.5 Å². The minimum absolute atomic E-state index is 0.0919. The van der Waals surface area contributed by atoms with Crippen LogP contribution in [0.5, 0.6) is 0 Å². The maximum absolute atomic E-state index is 13.4. The van der Waals surface area contributed by atoms with Gasteiger partial charge in [-0.1, -0.05) is 12.5 Å². The molecule has 1 N–H and O–H groups in total. The summed E-state index contributed by atoms with van der Waals surface area (Å²) >= 11 is 0. The number of hydrogen-bond acceptors (Lipinski definition) is 2. The third-order valence-electron chi connectivity index (χ3n) is 4.32. The molecule has 1 aliphatic heterocycles. The summed E-state index contributed by atoms with van der Waals surface area (Å²) in [5.41, 5.74) is -0.762. The van der Waals surface area contributed by atoms with Gasteiger partial charge in [0.15, 0.2) is 0 Å². The smallest absolute Gasteiger partial charge is 0.356 e. The van der Waals surface area contributed by atoms with E-state index in [0.717, 1.165) is 44.4 Å². The fourth-order valence-corrected chi connectivity index (χ4v) is 3.13. The highest BCUT2D eigenvalue weighted by Crippen LogP contribution is 2.32. The van der Waals surface area contributed by atoms with Crippen LogP contribution in [-0.4, -0.2) is 29.9 Å². The zero-order chi connectivity index (χ0) is 17.7. The van der Waals surface area contributed by atoms with E-state index < -0.39 is 17.6 Å². The molecule has 24 heavy (non-hydrogen) atoms. The molecule has 7 heteroatoms. The zero-order valence-electron chi connectivity index (χ0n) is 13.6. The summed E-state index contributed by atoms with van der Waals surface area (Å²) in [5, 5.41) is 2.75. The van der Waals surface area contributed by atoms with Crippen LogP contribution in [0.3, 0.4) is 0 Å². The monoisotopic (exact) mass is 346 g/mol. The van der Waals surface area contributed by atoms with Gasteiger partial charge in [0.25, 0.3) is 0 Å². The van der Waals surface area contributed by atoms with Gasteiger partial charge >= 0.3 is 6.18 Å². The summed E-state index contributed by atoms with van der Waals surface area (Å²) in [4.78, 5) is 13.1. The second-order valence-electron chi connectivity index (χ2n) is 6.20. The Balaban J connectivity index is 2.05. The number of nitrogens with one attached hydrogen (secondary N) is 1. The summed E-state index contributed by atoms with van der Waals surface area (Å²) in [6, 6.07) is 3.40. The van der Waals surface area contributed by atoms with Crippen molar-refractivity contribution in [1.29, 1.82) is 0 Å². The van der Waals surface area contributed by atoms with Gasteiger partial charge in [-0.05, 0) is 43.5 Å². The predicted molar refractivity (Wildman–Crippen MR) is 82.8 cm³/mol. The van der Waals surface area contributed by atoms with Crippen molar-refractivity contribution in [2.75, 3.05) is 13.1 Å². The number of amides is 1. The molecule has 0 spiro atoms. The minimum Gasteiger partial charge on any atom is -0.356 e. The van der Waals surface area contributed by atoms with Gasteiger partial charge in [0.2, 0.25) is 5.91 Å². The van der Waals surface area contributed by atoms with E-state index in [1.807, 2.05) is 0 Å². The Bertz CT molecular complexity index is 574. The van der Waals surface area contributed by atoms with Crippen molar-refractivity contribution in [3.63, 3.8) is 0 Å². The molecule has 2 rings (SSSR count). The summed E-state index contributed by atoms with van der Waals surface area (Å²) in [6.45, 7) is 3.15. The van der Waals surface area contributed by atoms with E-state index in [9.17, 15) is 22.4 Å². The van der Waals surface area contributed by atoms with Crippen molar-refractivity contribution in [1.82, 2.24) is 10.2 Å². The molecule has 1 saturated heterocycles. The summed E-state index contributed by atoms with van der Waals surface area (Å²) in [7, 11) is 0. The van der Waals surface area contributed by atoms with Crippen LogP contribution in [0.15, 0.2) is 18.2 Å². The Kier molecular flexibility index (Phi) is 6.21. The first-order chi connectivity index (χ1) is 11.3. The number of piperidine rings is 1. The molecule has 1 heterocycles. The first-order valence-electron chi connectivity index (χ1n) is 8.11. The summed E-state index contributed by atoms with van der Waals surface area (Å²) in [6.07, 6.45) is -0.922. The van der Waals surface area contributed by atoms with Gasteiger partial charge in [-0.25, -0.2) is 4.39 Å². The Morgan fingerprint density at radius 1 is 1.33 bits per heavy atom. The number of rotatable bonds is 5. The number of benzene rings is 1. The average molecular weight is 346 g/mol. The van der Waals surface area contributed by atoms with Crippen molar-refractivity contribution in [3.8, 4) is 0 Å². The maximum Gasteiger partial charge on any atom is 0.419 e. The highest BCUT2D eigenvalue weighted by molar-refractivity contribution is 5.72. The van der Waals surface area contributed by atoms with E-state index in [1.54, 1.807) is 0 Å². The fourth-order valence-electron chi connectivity index (χ4n) is 3.13. The SMILES string of the molecule is CC(=O)NCC[C@H]1CCCCN1Cc1ccc(F)c(C(F)(F)F)c1. The molecule has 1 amide bonds. The number of carbonyl (C=O) groups is 1. The molecule has 3 nitrogen and oxygen atoms in total. The lowest BCUT2D eigenvalue weighted by Crippen LogP contribution is -2.41. The molecule has 0 bridgehead atoms. The van der Waals surface area contributed by atoms with E-state index in [-0.39, 0.29) is 11.9 Å². The van der Waals surface area contributed by atoms with Crippen LogP contribution in [0.25, 0.3) is 0 Å². The van der Waals surface area contributed by atoms with Crippen molar-refractivity contribution in [2.24, 2.45) is 0 Å². The van der Waals surface area contributed by atoms with Gasteiger partial charge in [0.05, 0.1) is 5.56 Å². The first-order valence-corrected chi connectivity index (χ1v) is 8.11. The molecule has 0 unspecified atom stereocenters. The van der Waals surface area contributed by atoms with Crippen molar-refractivity contribution in [3.05, 3.63) is 35.1 Å². The molecule has 1 aromatic carbocycles. The molecular weight excluding hydrogens is 324 g/mol. The minimum atomic E-state index is -4.69. The molecule has 0 aromatic heterocycles. The van der Waals surface area contributed by atoms with Gasteiger partial charge < -0.3 is 5.32 Å². The van der Waals surface area contributed by atoms with E-state index in [2.05, 4.69) is 10.2 Å². The lowest BCUT2D eigenvalue weighted by molar-refractivity contribution is -0.140. The molecule has 0 aliphatic carbocycles. The maximum atomic E-state index is 13.4. The third-order valence-corrected chi connectivity index (χ3v) is 4.32. The van der Waals surface area contributed by atoms with Gasteiger partial charge in [-0.15, -0.1) is 0 Å². The zero-order valence-corrected chi connectivity index (χ0v) is 13.6. The normalized spacial score (nSPS) is 19.3. The Hall–Kier alpha value is -1.63. The molecule has 134 valence electrons. The molecule has 0 saturated carbocycles. The van der Waals surface area contributed by atoms with Crippen molar-refractivity contribution in [2.45, 2.75) is 51.4 Å². The lowest BCUT2D eigenvalue weighted by atomic mass is 9.98. The first kappa shape index (κ1) is 18.7. The van der Waals surface area contributed by atoms with Crippen LogP contribution in [0.4, 0.5) is 17.6 Å². The van der Waals surface area contributed by atoms with E-state index >= 15 is 0 Å². The Morgan fingerprint density at radius 2 is 2.08 bits per heavy atom. The third kappa shape index (κ3) is 5.19.